The van der Waals surface area contributed by atoms with Gasteiger partial charge in [-0.1, -0.05) is 17.7 Å². The first-order chi connectivity index (χ1) is 12.6. The summed E-state index contributed by atoms with van der Waals surface area (Å²) in [6.07, 6.45) is 1.45. The second kappa shape index (κ2) is 8.21. The first kappa shape index (κ1) is 17.6. The molecule has 0 bridgehead atoms. The van der Waals surface area contributed by atoms with E-state index >= 15 is 0 Å². The fraction of sp³-hybridized carbons (Fsp3) is 0.118. The van der Waals surface area contributed by atoms with Crippen molar-refractivity contribution in [2.45, 2.75) is 0 Å². The van der Waals surface area contributed by atoms with Gasteiger partial charge in [-0.05, 0) is 52.9 Å². The Bertz CT molecular complexity index is 896. The van der Waals surface area contributed by atoms with Crippen LogP contribution in [0.4, 0.5) is 0 Å². The summed E-state index contributed by atoms with van der Waals surface area (Å²) < 4.78 is 1.46. The molecule has 8 nitrogen and oxygen atoms in total. The molecule has 2 amide bonds. The van der Waals surface area contributed by atoms with Gasteiger partial charge in [-0.15, -0.1) is 5.10 Å². The van der Waals surface area contributed by atoms with Crippen molar-refractivity contribution in [2.24, 2.45) is 0 Å². The SMILES string of the molecule is O=C(NCCNC(=O)c1cccc(-n2cnnn2)c1)c1ccc(Cl)cc1. The Morgan fingerprint density at radius 3 is 2.31 bits per heavy atom. The van der Waals surface area contributed by atoms with Crippen LogP contribution >= 0.6 is 11.6 Å². The Kier molecular flexibility index (Phi) is 5.55. The van der Waals surface area contributed by atoms with Gasteiger partial charge >= 0.3 is 0 Å². The highest BCUT2D eigenvalue weighted by atomic mass is 35.5. The second-order valence-electron chi connectivity index (χ2n) is 5.32. The number of carbonyl (C=O) groups excluding carboxylic acids is 2. The van der Waals surface area contributed by atoms with Gasteiger partial charge in [-0.3, -0.25) is 9.59 Å². The third-order valence-electron chi connectivity index (χ3n) is 3.52. The molecular formula is C17H15ClN6O2. The molecule has 1 heterocycles. The molecule has 132 valence electrons. The summed E-state index contributed by atoms with van der Waals surface area (Å²) in [6, 6.07) is 13.5. The predicted octanol–water partition coefficient (Wildman–Crippen LogP) is 1.48. The van der Waals surface area contributed by atoms with Crippen LogP contribution in [0.5, 0.6) is 0 Å². The number of nitrogens with one attached hydrogen (secondary N) is 2. The van der Waals surface area contributed by atoms with Crippen LogP contribution in [-0.4, -0.2) is 45.1 Å². The highest BCUT2D eigenvalue weighted by molar-refractivity contribution is 6.30. The van der Waals surface area contributed by atoms with Crippen molar-refractivity contribution in [1.29, 1.82) is 0 Å². The molecule has 3 aromatic rings. The van der Waals surface area contributed by atoms with E-state index in [1.165, 1.54) is 11.0 Å². The summed E-state index contributed by atoms with van der Waals surface area (Å²) >= 11 is 5.79. The highest BCUT2D eigenvalue weighted by Crippen LogP contribution is 2.09. The molecule has 2 N–H and O–H groups in total. The fourth-order valence-electron chi connectivity index (χ4n) is 2.23. The van der Waals surface area contributed by atoms with Crippen molar-refractivity contribution < 1.29 is 9.59 Å². The number of carbonyl (C=O) groups is 2. The van der Waals surface area contributed by atoms with E-state index in [1.54, 1.807) is 48.5 Å². The van der Waals surface area contributed by atoms with E-state index in [9.17, 15) is 9.59 Å². The van der Waals surface area contributed by atoms with Gasteiger partial charge in [-0.2, -0.15) is 0 Å². The fourth-order valence-corrected chi connectivity index (χ4v) is 2.35. The minimum Gasteiger partial charge on any atom is -0.350 e. The van der Waals surface area contributed by atoms with Crippen molar-refractivity contribution in [1.82, 2.24) is 30.8 Å². The van der Waals surface area contributed by atoms with Gasteiger partial charge < -0.3 is 10.6 Å². The van der Waals surface area contributed by atoms with Crippen molar-refractivity contribution in [3.63, 3.8) is 0 Å². The molecule has 9 heteroatoms. The molecule has 0 saturated heterocycles. The summed E-state index contributed by atoms with van der Waals surface area (Å²) in [5, 5.41) is 17.0. The van der Waals surface area contributed by atoms with E-state index in [4.69, 9.17) is 11.6 Å². The number of halogens is 1. The second-order valence-corrected chi connectivity index (χ2v) is 5.76. The Labute approximate surface area is 154 Å². The summed E-state index contributed by atoms with van der Waals surface area (Å²) in [6.45, 7) is 0.604. The Morgan fingerprint density at radius 2 is 1.65 bits per heavy atom. The molecule has 0 aliphatic heterocycles. The summed E-state index contributed by atoms with van der Waals surface area (Å²) in [7, 11) is 0. The number of rotatable bonds is 6. The molecule has 26 heavy (non-hydrogen) atoms. The maximum Gasteiger partial charge on any atom is 0.251 e. The third kappa shape index (κ3) is 4.42. The van der Waals surface area contributed by atoms with Gasteiger partial charge in [0.2, 0.25) is 0 Å². The molecule has 0 fully saturated rings. The van der Waals surface area contributed by atoms with Gasteiger partial charge in [0.1, 0.15) is 6.33 Å². The van der Waals surface area contributed by atoms with E-state index in [1.807, 2.05) is 0 Å². The Morgan fingerprint density at radius 1 is 0.962 bits per heavy atom. The zero-order chi connectivity index (χ0) is 18.4. The molecule has 1 aromatic heterocycles. The largest absolute Gasteiger partial charge is 0.350 e. The zero-order valence-electron chi connectivity index (χ0n) is 13.6. The maximum absolute atomic E-state index is 12.2. The lowest BCUT2D eigenvalue weighted by molar-refractivity contribution is 0.0927. The Hall–Kier alpha value is -3.26. The maximum atomic E-state index is 12.2. The lowest BCUT2D eigenvalue weighted by Gasteiger charge is -2.08. The van der Waals surface area contributed by atoms with Crippen molar-refractivity contribution in [3.8, 4) is 5.69 Å². The van der Waals surface area contributed by atoms with Crippen LogP contribution in [0, 0.1) is 0 Å². The first-order valence-electron chi connectivity index (χ1n) is 7.79. The van der Waals surface area contributed by atoms with Crippen LogP contribution in [0.1, 0.15) is 20.7 Å². The molecule has 0 radical (unpaired) electrons. The average Bonchev–Trinajstić information content (AvgIpc) is 3.20. The molecule has 3 rings (SSSR count). The minimum absolute atomic E-state index is 0.225. The number of nitrogens with zero attached hydrogens (tertiary/aromatic N) is 4. The van der Waals surface area contributed by atoms with Gasteiger partial charge in [0, 0.05) is 29.2 Å². The van der Waals surface area contributed by atoms with Crippen molar-refractivity contribution in [3.05, 3.63) is 71.0 Å². The van der Waals surface area contributed by atoms with Crippen LogP contribution in [0.25, 0.3) is 5.69 Å². The van der Waals surface area contributed by atoms with E-state index in [0.29, 0.717) is 34.9 Å². The molecule has 0 saturated carbocycles. The van der Waals surface area contributed by atoms with Gasteiger partial charge in [0.05, 0.1) is 5.69 Å². The monoisotopic (exact) mass is 370 g/mol. The number of tetrazole rings is 1. The molecule has 0 aliphatic carbocycles. The first-order valence-corrected chi connectivity index (χ1v) is 8.17. The molecule has 0 unspecified atom stereocenters. The molecule has 0 atom stereocenters. The normalized spacial score (nSPS) is 10.3. The number of benzene rings is 2. The number of amides is 2. The van der Waals surface area contributed by atoms with Gasteiger partial charge in [0.25, 0.3) is 11.8 Å². The predicted molar refractivity (Wildman–Crippen MR) is 95.3 cm³/mol. The number of hydrogen-bond acceptors (Lipinski definition) is 5. The Balaban J connectivity index is 1.49. The van der Waals surface area contributed by atoms with Crippen molar-refractivity contribution in [2.75, 3.05) is 13.1 Å². The van der Waals surface area contributed by atoms with Crippen molar-refractivity contribution >= 4 is 23.4 Å². The van der Waals surface area contributed by atoms with Crippen LogP contribution in [0.2, 0.25) is 5.02 Å². The molecule has 2 aromatic carbocycles. The molecular weight excluding hydrogens is 356 g/mol. The van der Waals surface area contributed by atoms with Gasteiger partial charge in [0.15, 0.2) is 0 Å². The summed E-state index contributed by atoms with van der Waals surface area (Å²) in [4.78, 5) is 24.2. The van der Waals surface area contributed by atoms with Crippen LogP contribution in [0.3, 0.4) is 0 Å². The standard InChI is InChI=1S/C17H15ClN6O2/c18-14-6-4-12(5-7-14)16(25)19-8-9-20-17(26)13-2-1-3-15(10-13)24-11-21-22-23-24/h1-7,10-11H,8-9H2,(H,19,25)(H,20,26). The van der Waals surface area contributed by atoms with Crippen LogP contribution < -0.4 is 10.6 Å². The van der Waals surface area contributed by atoms with Crippen LogP contribution in [0.15, 0.2) is 54.9 Å². The van der Waals surface area contributed by atoms with E-state index < -0.39 is 0 Å². The summed E-state index contributed by atoms with van der Waals surface area (Å²) in [5.74, 6) is -0.475. The minimum atomic E-state index is -0.249. The van der Waals surface area contributed by atoms with E-state index in [0.717, 1.165) is 0 Å². The zero-order valence-corrected chi connectivity index (χ0v) is 14.3. The lowest BCUT2D eigenvalue weighted by Crippen LogP contribution is -2.34. The molecule has 0 spiro atoms. The third-order valence-corrected chi connectivity index (χ3v) is 3.78. The topological polar surface area (TPSA) is 102 Å². The van der Waals surface area contributed by atoms with Gasteiger partial charge in [-0.25, -0.2) is 4.68 Å². The number of aromatic nitrogens is 4. The van der Waals surface area contributed by atoms with E-state index in [2.05, 4.69) is 26.2 Å². The number of hydrogen-bond donors (Lipinski definition) is 2. The average molecular weight is 371 g/mol. The van der Waals surface area contributed by atoms with Crippen LogP contribution in [-0.2, 0) is 0 Å². The summed E-state index contributed by atoms with van der Waals surface area (Å²) in [5.41, 5.74) is 1.66. The van der Waals surface area contributed by atoms with E-state index in [-0.39, 0.29) is 11.8 Å². The molecule has 0 aliphatic rings. The quantitative estimate of drug-likeness (QED) is 0.640. The highest BCUT2D eigenvalue weighted by Gasteiger charge is 2.08. The lowest BCUT2D eigenvalue weighted by atomic mass is 10.2. The smallest absolute Gasteiger partial charge is 0.251 e.